The summed E-state index contributed by atoms with van der Waals surface area (Å²) in [6, 6.07) is 0. The van der Waals surface area contributed by atoms with Crippen LogP contribution in [0.5, 0.6) is 0 Å². The first-order valence-electron chi connectivity index (χ1n) is 35.3. The van der Waals surface area contributed by atoms with Gasteiger partial charge in [-0.3, -0.25) is 14.2 Å². The highest BCUT2D eigenvalue weighted by molar-refractivity contribution is 7.45. The summed E-state index contributed by atoms with van der Waals surface area (Å²) in [5, 5.41) is 0. The van der Waals surface area contributed by atoms with Crippen LogP contribution in [0.1, 0.15) is 348 Å². The number of ether oxygens (including phenoxy) is 2. The molecule has 0 aromatic carbocycles. The number of carbonyl (C=O) groups is 2. The highest BCUT2D eigenvalue weighted by Gasteiger charge is 2.22. The molecule has 82 heavy (non-hydrogen) atoms. The molecule has 0 radical (unpaired) electrons. The molecule has 0 fully saturated rings. The highest BCUT2D eigenvalue weighted by Crippen LogP contribution is 2.38. The van der Waals surface area contributed by atoms with Crippen LogP contribution in [-0.4, -0.2) is 70.0 Å². The molecule has 0 aliphatic rings. The normalized spacial score (nSPS) is 13.4. The minimum absolute atomic E-state index is 0.0293. The number of rotatable bonds is 66. The number of unbranched alkanes of at least 4 members (excludes halogenated alkanes) is 44. The third-order valence-corrected chi connectivity index (χ3v) is 16.8. The van der Waals surface area contributed by atoms with Crippen molar-refractivity contribution >= 4 is 19.8 Å². The second-order valence-corrected chi connectivity index (χ2v) is 26.7. The van der Waals surface area contributed by atoms with E-state index in [1.54, 1.807) is 0 Å². The fraction of sp³-hybridized carbons (Fsp3) is 0.861. The topological polar surface area (TPSA) is 111 Å². The second-order valence-electron chi connectivity index (χ2n) is 25.2. The number of carbonyl (C=O) groups excluding carboxylic acids is 2. The Balaban J connectivity index is 3.99. The Bertz CT molecular complexity index is 1520. The van der Waals surface area contributed by atoms with Gasteiger partial charge in [-0.15, -0.1) is 0 Å². The lowest BCUT2D eigenvalue weighted by Gasteiger charge is -2.28. The van der Waals surface area contributed by atoms with Crippen LogP contribution >= 0.6 is 7.82 Å². The molecule has 9 nitrogen and oxygen atoms in total. The van der Waals surface area contributed by atoms with Crippen LogP contribution in [0.2, 0.25) is 0 Å². The summed E-state index contributed by atoms with van der Waals surface area (Å²) >= 11 is 0. The quantitative estimate of drug-likeness (QED) is 0.0195. The summed E-state index contributed by atoms with van der Waals surface area (Å²) in [6.07, 6.45) is 81.9. The van der Waals surface area contributed by atoms with Crippen LogP contribution in [0.4, 0.5) is 0 Å². The number of nitrogens with zero attached hydrogens (tertiary/aromatic N) is 1. The molecule has 482 valence electrons. The molecule has 2 unspecified atom stereocenters. The Morgan fingerprint density at radius 3 is 0.963 bits per heavy atom. The van der Waals surface area contributed by atoms with Gasteiger partial charge < -0.3 is 27.9 Å². The molecule has 0 aromatic heterocycles. The third-order valence-electron chi connectivity index (χ3n) is 15.8. The molecule has 0 aliphatic heterocycles. The minimum atomic E-state index is -4.64. The van der Waals surface area contributed by atoms with E-state index in [1.165, 1.54) is 270 Å². The van der Waals surface area contributed by atoms with E-state index in [2.05, 4.69) is 62.5 Å². The first-order chi connectivity index (χ1) is 40.0. The zero-order valence-corrected chi connectivity index (χ0v) is 55.8. The number of esters is 2. The Kier molecular flexibility index (Phi) is 61.9. The summed E-state index contributed by atoms with van der Waals surface area (Å²) in [5.74, 6) is -0.816. The maximum absolute atomic E-state index is 12.9. The molecule has 0 spiro atoms. The van der Waals surface area contributed by atoms with Crippen molar-refractivity contribution in [3.63, 3.8) is 0 Å². The van der Waals surface area contributed by atoms with Crippen LogP contribution < -0.4 is 4.89 Å². The van der Waals surface area contributed by atoms with E-state index >= 15 is 0 Å². The lowest BCUT2D eigenvalue weighted by molar-refractivity contribution is -0.870. The first kappa shape index (κ1) is 80.0. The molecule has 2 atom stereocenters. The number of allylic oxidation sites excluding steroid dienone is 8. The molecular formula is C72H136NO8P. The van der Waals surface area contributed by atoms with Gasteiger partial charge in [-0.25, -0.2) is 0 Å². The molecule has 10 heteroatoms. The maximum Gasteiger partial charge on any atom is 0.306 e. The molecule has 0 bridgehead atoms. The zero-order valence-electron chi connectivity index (χ0n) is 55.0. The van der Waals surface area contributed by atoms with E-state index in [4.69, 9.17) is 18.5 Å². The molecule has 0 heterocycles. The van der Waals surface area contributed by atoms with Gasteiger partial charge >= 0.3 is 11.9 Å². The van der Waals surface area contributed by atoms with Crippen LogP contribution in [0.3, 0.4) is 0 Å². The fourth-order valence-corrected chi connectivity index (χ4v) is 11.1. The first-order valence-corrected chi connectivity index (χ1v) is 36.8. The predicted molar refractivity (Wildman–Crippen MR) is 351 cm³/mol. The Labute approximate surface area is 509 Å². The van der Waals surface area contributed by atoms with Crippen LogP contribution in [0.15, 0.2) is 48.6 Å². The molecule has 0 saturated heterocycles. The summed E-state index contributed by atoms with van der Waals surface area (Å²) in [5.41, 5.74) is 0. The fourth-order valence-electron chi connectivity index (χ4n) is 10.4. The summed E-state index contributed by atoms with van der Waals surface area (Å²) in [6.45, 7) is 4.28. The van der Waals surface area contributed by atoms with Gasteiger partial charge in [0.1, 0.15) is 19.8 Å². The number of quaternary nitrogens is 1. The van der Waals surface area contributed by atoms with E-state index in [0.29, 0.717) is 17.4 Å². The van der Waals surface area contributed by atoms with Gasteiger partial charge in [-0.1, -0.05) is 306 Å². The summed E-state index contributed by atoms with van der Waals surface area (Å²) in [7, 11) is 1.18. The largest absolute Gasteiger partial charge is 0.756 e. The summed E-state index contributed by atoms with van der Waals surface area (Å²) < 4.78 is 34.3. The highest BCUT2D eigenvalue weighted by atomic mass is 31.2. The van der Waals surface area contributed by atoms with Crippen molar-refractivity contribution in [1.29, 1.82) is 0 Å². The predicted octanol–water partition coefficient (Wildman–Crippen LogP) is 22.2. The van der Waals surface area contributed by atoms with Crippen molar-refractivity contribution in [2.45, 2.75) is 354 Å². The van der Waals surface area contributed by atoms with Gasteiger partial charge in [-0.05, 0) is 77.0 Å². The molecule has 0 amide bonds. The number of hydrogen-bond acceptors (Lipinski definition) is 8. The Morgan fingerprint density at radius 1 is 0.378 bits per heavy atom. The summed E-state index contributed by atoms with van der Waals surface area (Å²) in [4.78, 5) is 38.1. The number of phosphoric acid groups is 1. The average Bonchev–Trinajstić information content (AvgIpc) is 3.46. The molecule has 0 saturated carbocycles. The van der Waals surface area contributed by atoms with Gasteiger partial charge in [0.25, 0.3) is 7.82 Å². The van der Waals surface area contributed by atoms with Crippen molar-refractivity contribution in [2.75, 3.05) is 47.5 Å². The molecular weight excluding hydrogens is 1040 g/mol. The van der Waals surface area contributed by atoms with Crippen molar-refractivity contribution in [3.8, 4) is 0 Å². The van der Waals surface area contributed by atoms with Gasteiger partial charge in [0.2, 0.25) is 0 Å². The lowest BCUT2D eigenvalue weighted by Crippen LogP contribution is -2.37. The molecule has 0 N–H and O–H groups in total. The second kappa shape index (κ2) is 63.5. The van der Waals surface area contributed by atoms with Crippen LogP contribution in [-0.2, 0) is 32.7 Å². The third kappa shape index (κ3) is 67.1. The number of likely N-dealkylation sites (N-methyl/N-ethyl adjacent to an activating group) is 1. The number of hydrogen-bond donors (Lipinski definition) is 0. The monoisotopic (exact) mass is 1170 g/mol. The molecule has 0 rings (SSSR count). The standard InChI is InChI=1S/C72H136NO8P/c1-6-8-10-12-14-16-18-20-22-24-26-28-30-32-33-34-35-36-37-38-39-41-43-45-47-49-51-53-55-57-59-61-63-65-72(75)81-70(69-80-82(76,77)79-67-66-73(3,4)5)68-78-71(74)64-62-60-58-56-54-52-50-48-46-44-42-40-31-29-27-25-23-21-19-17-15-13-11-9-7-2/h18-21,24-27,70H,6-17,22-23,28-69H2,1-5H3/b20-18-,21-19-,26-24-,27-25-. The van der Waals surface area contributed by atoms with E-state index in [1.807, 2.05) is 21.1 Å². The van der Waals surface area contributed by atoms with Crippen molar-refractivity contribution in [3.05, 3.63) is 48.6 Å². The average molecular weight is 1170 g/mol. The maximum atomic E-state index is 12.9. The SMILES string of the molecule is CCCCCCC/C=C\C/C=C\CCCCCCCCCCCCCCCCCCCCCCCC(=O)OC(COC(=O)CCCCCCCCCCCCCCC/C=C\C/C=C\CCCCCCC)COP(=O)([O-])OCC[N+](C)(C)C. The Hall–Kier alpha value is -2.03. The molecule has 0 aliphatic carbocycles. The van der Waals surface area contributed by atoms with Crippen LogP contribution in [0, 0.1) is 0 Å². The van der Waals surface area contributed by atoms with E-state index in [0.717, 1.165) is 44.9 Å². The number of phosphoric ester groups is 1. The van der Waals surface area contributed by atoms with E-state index in [9.17, 15) is 19.0 Å². The van der Waals surface area contributed by atoms with Crippen molar-refractivity contribution < 1.29 is 42.1 Å². The van der Waals surface area contributed by atoms with Crippen molar-refractivity contribution in [2.24, 2.45) is 0 Å². The van der Waals surface area contributed by atoms with Gasteiger partial charge in [0, 0.05) is 12.8 Å². The van der Waals surface area contributed by atoms with E-state index < -0.39 is 26.5 Å². The minimum Gasteiger partial charge on any atom is -0.756 e. The van der Waals surface area contributed by atoms with Gasteiger partial charge in [0.15, 0.2) is 6.10 Å². The Morgan fingerprint density at radius 2 is 0.659 bits per heavy atom. The van der Waals surface area contributed by atoms with Gasteiger partial charge in [0.05, 0.1) is 27.7 Å². The van der Waals surface area contributed by atoms with E-state index in [-0.39, 0.29) is 32.0 Å². The van der Waals surface area contributed by atoms with Gasteiger partial charge in [-0.2, -0.15) is 0 Å². The zero-order chi connectivity index (χ0) is 59.8. The smallest absolute Gasteiger partial charge is 0.306 e. The van der Waals surface area contributed by atoms with Crippen LogP contribution in [0.25, 0.3) is 0 Å². The van der Waals surface area contributed by atoms with Crippen molar-refractivity contribution in [1.82, 2.24) is 0 Å². The molecule has 0 aromatic rings. The lowest BCUT2D eigenvalue weighted by atomic mass is 10.0.